The second-order valence-electron chi connectivity index (χ2n) is 9.82. The van der Waals surface area contributed by atoms with Crippen molar-refractivity contribution in [1.82, 2.24) is 9.80 Å². The highest BCUT2D eigenvalue weighted by Crippen LogP contribution is 2.43. The summed E-state index contributed by atoms with van der Waals surface area (Å²) < 4.78 is 5.74. The SMILES string of the molecule is C=C(C1CCCCC1)C1CCC2C(C1)N(C(=O)C1CCCO1)CC(C)N2C(C)=O. The predicted molar refractivity (Wildman–Crippen MR) is 113 cm³/mol. The number of piperazine rings is 1. The van der Waals surface area contributed by atoms with Crippen LogP contribution in [0.5, 0.6) is 0 Å². The fourth-order valence-electron chi connectivity index (χ4n) is 6.52. The molecule has 2 aliphatic heterocycles. The number of rotatable bonds is 3. The van der Waals surface area contributed by atoms with E-state index in [0.29, 0.717) is 25.0 Å². The Morgan fingerprint density at radius 2 is 1.69 bits per heavy atom. The van der Waals surface area contributed by atoms with Crippen molar-refractivity contribution >= 4 is 11.8 Å². The summed E-state index contributed by atoms with van der Waals surface area (Å²) >= 11 is 0. The Hall–Kier alpha value is -1.36. The second-order valence-corrected chi connectivity index (χ2v) is 9.82. The molecule has 2 heterocycles. The first kappa shape index (κ1) is 20.9. The van der Waals surface area contributed by atoms with E-state index in [1.807, 2.05) is 0 Å². The number of ether oxygens (including phenoxy) is 1. The molecule has 0 N–H and O–H groups in total. The third kappa shape index (κ3) is 4.12. The Balaban J connectivity index is 1.54. The van der Waals surface area contributed by atoms with E-state index in [2.05, 4.69) is 23.3 Å². The maximum Gasteiger partial charge on any atom is 0.252 e. The quantitative estimate of drug-likeness (QED) is 0.673. The lowest BCUT2D eigenvalue weighted by molar-refractivity contribution is -0.159. The largest absolute Gasteiger partial charge is 0.368 e. The van der Waals surface area contributed by atoms with Crippen LogP contribution >= 0.6 is 0 Å². The maximum absolute atomic E-state index is 13.3. The first-order chi connectivity index (χ1) is 14.0. The van der Waals surface area contributed by atoms with Gasteiger partial charge in [0.1, 0.15) is 6.10 Å². The van der Waals surface area contributed by atoms with Gasteiger partial charge in [0.05, 0.1) is 12.1 Å². The maximum atomic E-state index is 13.3. The van der Waals surface area contributed by atoms with Crippen LogP contribution in [0.3, 0.4) is 0 Å². The summed E-state index contributed by atoms with van der Waals surface area (Å²) in [5.41, 5.74) is 1.42. The fraction of sp³-hybridized carbons (Fsp3) is 0.833. The molecule has 5 atom stereocenters. The van der Waals surface area contributed by atoms with Crippen molar-refractivity contribution in [1.29, 1.82) is 0 Å². The van der Waals surface area contributed by atoms with Crippen molar-refractivity contribution in [2.45, 2.75) is 102 Å². The smallest absolute Gasteiger partial charge is 0.252 e. The van der Waals surface area contributed by atoms with Gasteiger partial charge in [-0.1, -0.05) is 31.4 Å². The molecule has 0 radical (unpaired) electrons. The highest BCUT2D eigenvalue weighted by molar-refractivity contribution is 5.82. The lowest BCUT2D eigenvalue weighted by atomic mass is 9.70. The molecule has 5 nitrogen and oxygen atoms in total. The van der Waals surface area contributed by atoms with Crippen molar-refractivity contribution in [3.63, 3.8) is 0 Å². The molecular weight excluding hydrogens is 364 g/mol. The summed E-state index contributed by atoms with van der Waals surface area (Å²) in [5, 5.41) is 0. The molecule has 0 spiro atoms. The van der Waals surface area contributed by atoms with E-state index in [4.69, 9.17) is 4.74 Å². The van der Waals surface area contributed by atoms with Crippen LogP contribution in [0.2, 0.25) is 0 Å². The lowest BCUT2D eigenvalue weighted by Gasteiger charge is -2.54. The Bertz CT molecular complexity index is 636. The van der Waals surface area contributed by atoms with Gasteiger partial charge in [0, 0.05) is 26.1 Å². The van der Waals surface area contributed by atoms with Crippen LogP contribution in [-0.2, 0) is 14.3 Å². The third-order valence-corrected chi connectivity index (χ3v) is 7.98. The van der Waals surface area contributed by atoms with Crippen molar-refractivity contribution < 1.29 is 14.3 Å². The summed E-state index contributed by atoms with van der Waals surface area (Å²) in [6, 6.07) is 0.306. The highest BCUT2D eigenvalue weighted by Gasteiger charge is 2.48. The molecule has 162 valence electrons. The summed E-state index contributed by atoms with van der Waals surface area (Å²) in [7, 11) is 0. The monoisotopic (exact) mass is 402 g/mol. The fourth-order valence-corrected chi connectivity index (χ4v) is 6.52. The van der Waals surface area contributed by atoms with Gasteiger partial charge in [-0.3, -0.25) is 9.59 Å². The molecule has 4 fully saturated rings. The number of hydrogen-bond donors (Lipinski definition) is 0. The first-order valence-corrected chi connectivity index (χ1v) is 11.9. The Morgan fingerprint density at radius 1 is 0.931 bits per heavy atom. The molecule has 0 bridgehead atoms. The average molecular weight is 403 g/mol. The van der Waals surface area contributed by atoms with Crippen LogP contribution in [0.1, 0.15) is 78.1 Å². The van der Waals surface area contributed by atoms with E-state index < -0.39 is 0 Å². The van der Waals surface area contributed by atoms with Crippen molar-refractivity contribution in [2.75, 3.05) is 13.2 Å². The molecule has 4 rings (SSSR count). The minimum Gasteiger partial charge on any atom is -0.368 e. The standard InChI is InChI=1S/C24H38N2O3/c1-16-15-25(24(28)23-10-7-13-29-23)22-14-20(11-12-21(22)26(16)18(3)27)17(2)19-8-5-4-6-9-19/h16,19-23H,2,4-15H2,1,3H3. The summed E-state index contributed by atoms with van der Waals surface area (Å²) in [6.07, 6.45) is 11.1. The molecule has 2 saturated heterocycles. The Labute approximate surface area is 175 Å². The zero-order valence-corrected chi connectivity index (χ0v) is 18.3. The number of amides is 2. The van der Waals surface area contributed by atoms with Gasteiger partial charge in [-0.25, -0.2) is 0 Å². The highest BCUT2D eigenvalue weighted by atomic mass is 16.5. The van der Waals surface area contributed by atoms with E-state index in [1.165, 1.54) is 37.7 Å². The minimum absolute atomic E-state index is 0.0669. The molecule has 2 amide bonds. The van der Waals surface area contributed by atoms with Crippen LogP contribution in [0.15, 0.2) is 12.2 Å². The first-order valence-electron chi connectivity index (χ1n) is 11.9. The zero-order valence-electron chi connectivity index (χ0n) is 18.3. The van der Waals surface area contributed by atoms with Crippen molar-refractivity contribution in [2.24, 2.45) is 11.8 Å². The van der Waals surface area contributed by atoms with Crippen LogP contribution in [0.25, 0.3) is 0 Å². The van der Waals surface area contributed by atoms with E-state index in [1.54, 1.807) is 6.92 Å². The number of nitrogens with zero attached hydrogens (tertiary/aromatic N) is 2. The van der Waals surface area contributed by atoms with E-state index in [0.717, 1.165) is 32.1 Å². The van der Waals surface area contributed by atoms with Crippen molar-refractivity contribution in [3.8, 4) is 0 Å². The molecule has 0 aromatic heterocycles. The molecule has 4 aliphatic rings. The van der Waals surface area contributed by atoms with Gasteiger partial charge >= 0.3 is 0 Å². The summed E-state index contributed by atoms with van der Waals surface area (Å²) in [5.74, 6) is 1.41. The van der Waals surface area contributed by atoms with Crippen LogP contribution in [0, 0.1) is 11.8 Å². The number of carbonyl (C=O) groups excluding carboxylic acids is 2. The van der Waals surface area contributed by atoms with Gasteiger partial charge in [0.15, 0.2) is 0 Å². The molecule has 2 saturated carbocycles. The normalized spacial score (nSPS) is 36.0. The van der Waals surface area contributed by atoms with Gasteiger partial charge in [-0.15, -0.1) is 0 Å². The van der Waals surface area contributed by atoms with Gasteiger partial charge in [-0.05, 0) is 63.7 Å². The van der Waals surface area contributed by atoms with E-state index in [-0.39, 0.29) is 36.0 Å². The van der Waals surface area contributed by atoms with Gasteiger partial charge in [0.2, 0.25) is 5.91 Å². The summed E-state index contributed by atoms with van der Waals surface area (Å²) in [6.45, 7) is 9.63. The number of carbonyl (C=O) groups is 2. The summed E-state index contributed by atoms with van der Waals surface area (Å²) in [4.78, 5) is 29.9. The minimum atomic E-state index is -0.284. The topological polar surface area (TPSA) is 49.9 Å². The molecular formula is C24H38N2O3. The Morgan fingerprint density at radius 3 is 2.34 bits per heavy atom. The molecule has 29 heavy (non-hydrogen) atoms. The van der Waals surface area contributed by atoms with Crippen LogP contribution in [-0.4, -0.2) is 59.0 Å². The van der Waals surface area contributed by atoms with Crippen LogP contribution in [0.4, 0.5) is 0 Å². The molecule has 0 aromatic rings. The third-order valence-electron chi connectivity index (χ3n) is 7.98. The molecule has 0 aromatic carbocycles. The van der Waals surface area contributed by atoms with Gasteiger partial charge < -0.3 is 14.5 Å². The van der Waals surface area contributed by atoms with Gasteiger partial charge in [0.25, 0.3) is 5.91 Å². The van der Waals surface area contributed by atoms with Crippen molar-refractivity contribution in [3.05, 3.63) is 12.2 Å². The van der Waals surface area contributed by atoms with E-state index >= 15 is 0 Å². The van der Waals surface area contributed by atoms with Crippen LogP contribution < -0.4 is 0 Å². The Kier molecular flexibility index (Phi) is 6.33. The lowest BCUT2D eigenvalue weighted by Crippen LogP contribution is -2.67. The predicted octanol–water partition coefficient (Wildman–Crippen LogP) is 3.92. The van der Waals surface area contributed by atoms with E-state index in [9.17, 15) is 9.59 Å². The zero-order chi connectivity index (χ0) is 20.5. The average Bonchev–Trinajstić information content (AvgIpc) is 3.27. The number of fused-ring (bicyclic) bond motifs is 1. The molecule has 2 aliphatic carbocycles. The number of hydrogen-bond acceptors (Lipinski definition) is 3. The molecule has 5 heteroatoms. The second kappa shape index (κ2) is 8.79. The molecule has 5 unspecified atom stereocenters. The van der Waals surface area contributed by atoms with Gasteiger partial charge in [-0.2, -0.15) is 0 Å². The number of allylic oxidation sites excluding steroid dienone is 1.